The van der Waals surface area contributed by atoms with Crippen LogP contribution in [0.5, 0.6) is 0 Å². The first-order valence-electron chi connectivity index (χ1n) is 7.79. The van der Waals surface area contributed by atoms with Crippen molar-refractivity contribution in [2.75, 3.05) is 0 Å². The maximum absolute atomic E-state index is 12.3. The fourth-order valence-corrected chi connectivity index (χ4v) is 3.61. The van der Waals surface area contributed by atoms with E-state index in [1.54, 1.807) is 36.7 Å². The first-order chi connectivity index (χ1) is 13.1. The summed E-state index contributed by atoms with van der Waals surface area (Å²) in [5.41, 5.74) is 5.62. The van der Waals surface area contributed by atoms with Gasteiger partial charge in [0.2, 0.25) is 0 Å². The molecule has 0 unspecified atom stereocenters. The Morgan fingerprint density at radius 2 is 2.07 bits per heavy atom. The number of amides is 1. The summed E-state index contributed by atoms with van der Waals surface area (Å²) in [4.78, 5) is 12.7. The minimum atomic E-state index is -0.343. The van der Waals surface area contributed by atoms with Gasteiger partial charge in [0, 0.05) is 16.0 Å². The summed E-state index contributed by atoms with van der Waals surface area (Å²) in [6.07, 6.45) is 3.30. The van der Waals surface area contributed by atoms with E-state index in [0.29, 0.717) is 26.2 Å². The molecule has 0 radical (unpaired) electrons. The second kappa shape index (κ2) is 7.48. The molecule has 0 fully saturated rings. The van der Waals surface area contributed by atoms with Crippen molar-refractivity contribution in [1.29, 1.82) is 0 Å². The predicted octanol–water partition coefficient (Wildman–Crippen LogP) is 4.76. The number of benzene rings is 2. The average molecular weight is 416 g/mol. The summed E-state index contributed by atoms with van der Waals surface area (Å²) in [5.74, 6) is -0.343. The second-order valence-electron chi connectivity index (χ2n) is 5.62. The molecule has 0 aliphatic carbocycles. The minimum Gasteiger partial charge on any atom is -0.278 e. The number of hydrogen-bond acceptors (Lipinski definition) is 5. The zero-order chi connectivity index (χ0) is 18.8. The van der Waals surface area contributed by atoms with Gasteiger partial charge in [0.15, 0.2) is 0 Å². The number of carbonyl (C=O) groups excluding carboxylic acids is 1. The lowest BCUT2D eigenvalue weighted by Crippen LogP contribution is -2.16. The molecule has 0 aliphatic heterocycles. The number of rotatable bonds is 4. The van der Waals surface area contributed by atoms with Crippen LogP contribution >= 0.6 is 34.7 Å². The molecule has 0 spiro atoms. The smallest absolute Gasteiger partial charge is 0.278 e. The fourth-order valence-electron chi connectivity index (χ4n) is 2.47. The van der Waals surface area contributed by atoms with Gasteiger partial charge in [-0.25, -0.2) is 5.43 Å². The first-order valence-corrected chi connectivity index (χ1v) is 9.32. The van der Waals surface area contributed by atoms with Crippen molar-refractivity contribution in [3.05, 3.63) is 69.1 Å². The zero-order valence-corrected chi connectivity index (χ0v) is 15.9. The lowest BCUT2D eigenvalue weighted by atomic mass is 10.1. The van der Waals surface area contributed by atoms with E-state index in [1.807, 2.05) is 18.2 Å². The van der Waals surface area contributed by atoms with Crippen molar-refractivity contribution in [3.8, 4) is 11.3 Å². The lowest BCUT2D eigenvalue weighted by Gasteiger charge is -2.00. The van der Waals surface area contributed by atoms with Gasteiger partial charge < -0.3 is 0 Å². The van der Waals surface area contributed by atoms with Crippen molar-refractivity contribution < 1.29 is 4.79 Å². The third-order valence-electron chi connectivity index (χ3n) is 3.79. The Bertz CT molecular complexity index is 1170. The van der Waals surface area contributed by atoms with Crippen molar-refractivity contribution in [2.24, 2.45) is 5.10 Å². The van der Waals surface area contributed by atoms with Crippen LogP contribution in [0.1, 0.15) is 15.2 Å². The maximum Gasteiger partial charge on any atom is 0.283 e. The number of aromatic amines is 1. The summed E-state index contributed by atoms with van der Waals surface area (Å²) in [6.45, 7) is 0. The molecular weight excluding hydrogens is 405 g/mol. The van der Waals surface area contributed by atoms with Gasteiger partial charge in [-0.3, -0.25) is 9.89 Å². The normalized spacial score (nSPS) is 11.3. The number of nitrogens with one attached hydrogen (secondary N) is 2. The van der Waals surface area contributed by atoms with Gasteiger partial charge in [0.05, 0.1) is 28.6 Å². The van der Waals surface area contributed by atoms with E-state index in [4.69, 9.17) is 23.2 Å². The molecule has 4 aromatic rings. The molecule has 0 saturated carbocycles. The third kappa shape index (κ3) is 3.85. The minimum absolute atomic E-state index is 0.343. The van der Waals surface area contributed by atoms with Crippen LogP contribution in [0.2, 0.25) is 10.0 Å². The van der Waals surface area contributed by atoms with Gasteiger partial charge in [-0.15, -0.1) is 0 Å². The molecule has 2 N–H and O–H groups in total. The van der Waals surface area contributed by atoms with Gasteiger partial charge in [-0.2, -0.15) is 14.6 Å². The summed E-state index contributed by atoms with van der Waals surface area (Å²) >= 11 is 13.2. The van der Waals surface area contributed by atoms with Crippen LogP contribution in [0.15, 0.2) is 53.8 Å². The first kappa shape index (κ1) is 17.7. The Hall–Kier alpha value is -2.74. The van der Waals surface area contributed by atoms with Crippen LogP contribution in [-0.2, 0) is 0 Å². The molecule has 2 aromatic carbocycles. The highest BCUT2D eigenvalue weighted by Gasteiger charge is 2.13. The predicted molar refractivity (Wildman–Crippen MR) is 109 cm³/mol. The lowest BCUT2D eigenvalue weighted by molar-refractivity contribution is 0.0959. The number of hydrazone groups is 1. The molecule has 27 heavy (non-hydrogen) atoms. The Morgan fingerprint density at radius 3 is 2.93 bits per heavy atom. The van der Waals surface area contributed by atoms with E-state index >= 15 is 0 Å². The molecule has 2 aromatic heterocycles. The van der Waals surface area contributed by atoms with Gasteiger partial charge in [0.25, 0.3) is 5.91 Å². The summed E-state index contributed by atoms with van der Waals surface area (Å²) in [5, 5.41) is 12.8. The number of fused-ring (bicyclic) bond motifs is 1. The molecule has 0 bridgehead atoms. The van der Waals surface area contributed by atoms with Crippen LogP contribution in [0, 0.1) is 0 Å². The molecule has 6 nitrogen and oxygen atoms in total. The van der Waals surface area contributed by atoms with E-state index in [9.17, 15) is 4.79 Å². The number of carbonyl (C=O) groups is 1. The van der Waals surface area contributed by atoms with Crippen molar-refractivity contribution in [1.82, 2.24) is 20.0 Å². The van der Waals surface area contributed by atoms with E-state index in [0.717, 1.165) is 28.0 Å². The largest absolute Gasteiger partial charge is 0.283 e. The van der Waals surface area contributed by atoms with Crippen LogP contribution < -0.4 is 5.43 Å². The quantitative estimate of drug-likeness (QED) is 0.372. The molecule has 0 saturated heterocycles. The van der Waals surface area contributed by atoms with Gasteiger partial charge in [-0.05, 0) is 53.5 Å². The van der Waals surface area contributed by atoms with Crippen molar-refractivity contribution >= 4 is 57.8 Å². The van der Waals surface area contributed by atoms with Crippen molar-refractivity contribution in [3.63, 3.8) is 0 Å². The summed E-state index contributed by atoms with van der Waals surface area (Å²) < 4.78 is 4.28. The highest BCUT2D eigenvalue weighted by atomic mass is 35.5. The molecule has 134 valence electrons. The monoisotopic (exact) mass is 415 g/mol. The highest BCUT2D eigenvalue weighted by molar-refractivity contribution is 7.08. The molecule has 1 amide bonds. The number of nitrogens with zero attached hydrogens (tertiary/aromatic N) is 3. The van der Waals surface area contributed by atoms with E-state index < -0.39 is 0 Å². The van der Waals surface area contributed by atoms with E-state index in [-0.39, 0.29) is 5.91 Å². The zero-order valence-electron chi connectivity index (χ0n) is 13.6. The number of halogens is 2. The van der Waals surface area contributed by atoms with E-state index in [2.05, 4.69) is 25.1 Å². The SMILES string of the molecule is O=C(N/N=C/c1ccc2[nH]ncc2c1)c1cc(-c2ccc(Cl)cc2Cl)ns1. The molecule has 4 rings (SSSR count). The Labute approximate surface area is 168 Å². The van der Waals surface area contributed by atoms with E-state index in [1.165, 1.54) is 0 Å². The topological polar surface area (TPSA) is 83.0 Å². The number of H-pyrrole nitrogens is 1. The summed E-state index contributed by atoms with van der Waals surface area (Å²) in [7, 11) is 0. The molecule has 2 heterocycles. The Morgan fingerprint density at radius 1 is 1.19 bits per heavy atom. The standard InChI is InChI=1S/C18H11Cl2N5OS/c19-12-2-3-13(14(20)6-12)16-7-17(27-25-16)18(26)24-21-8-10-1-4-15-11(5-10)9-22-23-15/h1-9H,(H,22,23)(H,24,26)/b21-8+. The molecular formula is C18H11Cl2N5OS. The number of hydrogen-bond donors (Lipinski definition) is 2. The molecule has 0 atom stereocenters. The third-order valence-corrected chi connectivity index (χ3v) is 5.12. The molecule has 9 heteroatoms. The molecule has 0 aliphatic rings. The summed E-state index contributed by atoms with van der Waals surface area (Å²) in [6, 6.07) is 12.5. The number of aromatic nitrogens is 3. The maximum atomic E-state index is 12.3. The Balaban J connectivity index is 1.46. The van der Waals surface area contributed by atoms with Gasteiger partial charge in [0.1, 0.15) is 4.88 Å². The fraction of sp³-hybridized carbons (Fsp3) is 0. The Kier molecular flexibility index (Phi) is 4.89. The average Bonchev–Trinajstić information content (AvgIpc) is 3.30. The highest BCUT2D eigenvalue weighted by Crippen LogP contribution is 2.31. The van der Waals surface area contributed by atoms with Gasteiger partial charge in [-0.1, -0.05) is 29.3 Å². The second-order valence-corrected chi connectivity index (χ2v) is 7.26. The van der Waals surface area contributed by atoms with Crippen LogP contribution in [0.25, 0.3) is 22.2 Å². The van der Waals surface area contributed by atoms with Crippen LogP contribution in [-0.4, -0.2) is 26.7 Å². The van der Waals surface area contributed by atoms with Crippen LogP contribution in [0.4, 0.5) is 0 Å². The van der Waals surface area contributed by atoms with Gasteiger partial charge >= 0.3 is 0 Å². The van der Waals surface area contributed by atoms with Crippen molar-refractivity contribution in [2.45, 2.75) is 0 Å². The van der Waals surface area contributed by atoms with Crippen LogP contribution in [0.3, 0.4) is 0 Å².